The third kappa shape index (κ3) is 6.66. The normalized spacial score (nSPS) is 17.6. The van der Waals surface area contributed by atoms with Gasteiger partial charge in [0.1, 0.15) is 5.75 Å². The molecule has 1 saturated heterocycles. The second-order valence-electron chi connectivity index (χ2n) is 8.50. The van der Waals surface area contributed by atoms with Gasteiger partial charge in [-0.15, -0.1) is 0 Å². The standard InChI is InChI=1S/C26H30N2O6/c1-17-5-4-6-18(2)28(17)25(31)16-33-23-13-9-21(10-14-23)26(32)34-15-24(30)27-22-11-7-20(8-12-22)19(3)29/h7-14,17-18H,4-6,15-16H2,1-3H3,(H,27,30)/t17-,18-/m1/s1. The number of hydrogen-bond donors (Lipinski definition) is 1. The number of hydrogen-bond acceptors (Lipinski definition) is 6. The summed E-state index contributed by atoms with van der Waals surface area (Å²) in [7, 11) is 0. The Hall–Kier alpha value is -3.68. The van der Waals surface area contributed by atoms with Crippen molar-refractivity contribution >= 4 is 29.3 Å². The molecular weight excluding hydrogens is 436 g/mol. The van der Waals surface area contributed by atoms with E-state index in [2.05, 4.69) is 19.2 Å². The van der Waals surface area contributed by atoms with Gasteiger partial charge in [0.2, 0.25) is 0 Å². The summed E-state index contributed by atoms with van der Waals surface area (Å²) in [6.45, 7) is 5.05. The van der Waals surface area contributed by atoms with Gasteiger partial charge in [-0.25, -0.2) is 4.79 Å². The summed E-state index contributed by atoms with van der Waals surface area (Å²) in [5.74, 6) is -0.802. The number of piperidine rings is 1. The van der Waals surface area contributed by atoms with E-state index in [4.69, 9.17) is 9.47 Å². The number of anilines is 1. The summed E-state index contributed by atoms with van der Waals surface area (Å²) in [4.78, 5) is 50.0. The third-order valence-corrected chi connectivity index (χ3v) is 5.84. The number of benzene rings is 2. The zero-order chi connectivity index (χ0) is 24.7. The molecule has 1 aliphatic rings. The van der Waals surface area contributed by atoms with E-state index in [1.54, 1.807) is 36.4 Å². The minimum Gasteiger partial charge on any atom is -0.484 e. The van der Waals surface area contributed by atoms with Crippen LogP contribution in [0.3, 0.4) is 0 Å². The quantitative estimate of drug-likeness (QED) is 0.468. The highest BCUT2D eigenvalue weighted by atomic mass is 16.5. The van der Waals surface area contributed by atoms with Crippen LogP contribution in [0.25, 0.3) is 0 Å². The molecule has 1 heterocycles. The van der Waals surface area contributed by atoms with Crippen LogP contribution in [0.15, 0.2) is 48.5 Å². The van der Waals surface area contributed by atoms with Gasteiger partial charge in [-0.1, -0.05) is 0 Å². The summed E-state index contributed by atoms with van der Waals surface area (Å²) in [5, 5.41) is 2.60. The monoisotopic (exact) mass is 466 g/mol. The first-order chi connectivity index (χ1) is 16.2. The van der Waals surface area contributed by atoms with Gasteiger partial charge in [0.15, 0.2) is 19.0 Å². The van der Waals surface area contributed by atoms with Crippen molar-refractivity contribution in [2.24, 2.45) is 0 Å². The molecule has 180 valence electrons. The van der Waals surface area contributed by atoms with Crippen LogP contribution in [0, 0.1) is 0 Å². The second-order valence-corrected chi connectivity index (χ2v) is 8.50. The second kappa shape index (κ2) is 11.4. The lowest BCUT2D eigenvalue weighted by Gasteiger charge is -2.38. The van der Waals surface area contributed by atoms with E-state index in [-0.39, 0.29) is 35.9 Å². The number of nitrogens with one attached hydrogen (secondary N) is 1. The lowest BCUT2D eigenvalue weighted by molar-refractivity contribution is -0.139. The predicted octanol–water partition coefficient (Wildman–Crippen LogP) is 3.85. The van der Waals surface area contributed by atoms with Crippen LogP contribution in [0.4, 0.5) is 5.69 Å². The van der Waals surface area contributed by atoms with Crippen LogP contribution in [0.5, 0.6) is 5.75 Å². The number of carbonyl (C=O) groups excluding carboxylic acids is 4. The first-order valence-electron chi connectivity index (χ1n) is 11.4. The molecule has 0 saturated carbocycles. The smallest absolute Gasteiger partial charge is 0.338 e. The Morgan fingerprint density at radius 2 is 1.47 bits per heavy atom. The van der Waals surface area contributed by atoms with E-state index >= 15 is 0 Å². The number of esters is 1. The average Bonchev–Trinajstić information content (AvgIpc) is 2.82. The van der Waals surface area contributed by atoms with Crippen molar-refractivity contribution in [3.63, 3.8) is 0 Å². The molecule has 0 bridgehead atoms. The van der Waals surface area contributed by atoms with Gasteiger partial charge in [-0.05, 0) is 88.6 Å². The molecular formula is C26H30N2O6. The number of carbonyl (C=O) groups is 4. The zero-order valence-electron chi connectivity index (χ0n) is 19.7. The summed E-state index contributed by atoms with van der Waals surface area (Å²) in [5.41, 5.74) is 1.29. The van der Waals surface area contributed by atoms with Gasteiger partial charge in [-0.2, -0.15) is 0 Å². The molecule has 0 spiro atoms. The van der Waals surface area contributed by atoms with Crippen LogP contribution < -0.4 is 10.1 Å². The molecule has 2 aromatic rings. The molecule has 8 nitrogen and oxygen atoms in total. The SMILES string of the molecule is CC(=O)c1ccc(NC(=O)COC(=O)c2ccc(OCC(=O)N3[C@H](C)CCC[C@H]3C)cc2)cc1. The van der Waals surface area contributed by atoms with E-state index in [1.807, 2.05) is 4.90 Å². The Balaban J connectivity index is 1.44. The fourth-order valence-electron chi connectivity index (χ4n) is 4.02. The fourth-order valence-corrected chi connectivity index (χ4v) is 4.02. The van der Waals surface area contributed by atoms with Gasteiger partial charge in [0.25, 0.3) is 11.8 Å². The number of ether oxygens (including phenoxy) is 2. The maximum Gasteiger partial charge on any atom is 0.338 e. The number of likely N-dealkylation sites (tertiary alicyclic amines) is 1. The molecule has 1 aliphatic heterocycles. The number of nitrogens with zero attached hydrogens (tertiary/aromatic N) is 1. The number of amides is 2. The van der Waals surface area contributed by atoms with Crippen molar-refractivity contribution in [2.45, 2.75) is 52.1 Å². The van der Waals surface area contributed by atoms with Gasteiger partial charge >= 0.3 is 5.97 Å². The minimum absolute atomic E-state index is 0.0508. The van der Waals surface area contributed by atoms with Crippen LogP contribution in [-0.2, 0) is 14.3 Å². The summed E-state index contributed by atoms with van der Waals surface area (Å²) < 4.78 is 10.7. The first kappa shape index (κ1) is 25.0. The summed E-state index contributed by atoms with van der Waals surface area (Å²) in [6, 6.07) is 13.0. The Morgan fingerprint density at radius 3 is 2.06 bits per heavy atom. The molecule has 0 unspecified atom stereocenters. The average molecular weight is 467 g/mol. The lowest BCUT2D eigenvalue weighted by atomic mass is 9.97. The highest BCUT2D eigenvalue weighted by Crippen LogP contribution is 2.23. The summed E-state index contributed by atoms with van der Waals surface area (Å²) >= 11 is 0. The van der Waals surface area contributed by atoms with E-state index in [1.165, 1.54) is 19.1 Å². The molecule has 0 aromatic heterocycles. The van der Waals surface area contributed by atoms with Crippen molar-refractivity contribution in [2.75, 3.05) is 18.5 Å². The molecule has 2 amide bonds. The molecule has 1 N–H and O–H groups in total. The number of ketones is 1. The van der Waals surface area contributed by atoms with Gasteiger partial charge in [0.05, 0.1) is 5.56 Å². The van der Waals surface area contributed by atoms with Gasteiger partial charge in [0, 0.05) is 23.3 Å². The molecule has 2 atom stereocenters. The van der Waals surface area contributed by atoms with Crippen molar-refractivity contribution in [3.05, 3.63) is 59.7 Å². The first-order valence-corrected chi connectivity index (χ1v) is 11.4. The Bertz CT molecular complexity index is 1020. The maximum atomic E-state index is 12.6. The van der Waals surface area contributed by atoms with Crippen molar-refractivity contribution in [1.82, 2.24) is 4.90 Å². The number of rotatable bonds is 8. The predicted molar refractivity (Wildman–Crippen MR) is 127 cm³/mol. The lowest BCUT2D eigenvalue weighted by Crippen LogP contribution is -2.49. The van der Waals surface area contributed by atoms with Gasteiger partial charge in [-0.3, -0.25) is 14.4 Å². The fraction of sp³-hybridized carbons (Fsp3) is 0.385. The van der Waals surface area contributed by atoms with Crippen molar-refractivity contribution in [3.8, 4) is 5.75 Å². The molecule has 34 heavy (non-hydrogen) atoms. The topological polar surface area (TPSA) is 102 Å². The van der Waals surface area contributed by atoms with Crippen molar-refractivity contribution in [1.29, 1.82) is 0 Å². The minimum atomic E-state index is -0.652. The number of Topliss-reactive ketones (excluding diaryl/α,β-unsaturated/α-hetero) is 1. The Labute approximate surface area is 199 Å². The maximum absolute atomic E-state index is 12.6. The van der Waals surface area contributed by atoms with Gasteiger partial charge < -0.3 is 19.7 Å². The largest absolute Gasteiger partial charge is 0.484 e. The molecule has 0 aliphatic carbocycles. The highest BCUT2D eigenvalue weighted by molar-refractivity contribution is 5.97. The van der Waals surface area contributed by atoms with E-state index in [0.29, 0.717) is 17.0 Å². The van der Waals surface area contributed by atoms with E-state index in [0.717, 1.165) is 19.3 Å². The van der Waals surface area contributed by atoms with Crippen molar-refractivity contribution < 1.29 is 28.7 Å². The van der Waals surface area contributed by atoms with Crippen LogP contribution in [-0.4, -0.2) is 53.8 Å². The molecule has 8 heteroatoms. The Morgan fingerprint density at radius 1 is 0.882 bits per heavy atom. The van der Waals surface area contributed by atoms with E-state index in [9.17, 15) is 19.2 Å². The zero-order valence-corrected chi connectivity index (χ0v) is 19.7. The van der Waals surface area contributed by atoms with E-state index < -0.39 is 18.5 Å². The van der Waals surface area contributed by atoms with Crippen LogP contribution >= 0.6 is 0 Å². The van der Waals surface area contributed by atoms with Crippen LogP contribution in [0.1, 0.15) is 60.7 Å². The molecule has 3 rings (SSSR count). The molecule has 2 aromatic carbocycles. The summed E-state index contributed by atoms with van der Waals surface area (Å²) in [6.07, 6.45) is 3.12. The van der Waals surface area contributed by atoms with Crippen LogP contribution in [0.2, 0.25) is 0 Å². The third-order valence-electron chi connectivity index (χ3n) is 5.84. The molecule has 1 fully saturated rings. The highest BCUT2D eigenvalue weighted by Gasteiger charge is 2.29. The Kier molecular flexibility index (Phi) is 8.40. The molecule has 0 radical (unpaired) electrons.